The predicted octanol–water partition coefficient (Wildman–Crippen LogP) is 5.81. The number of hydrogen-bond acceptors (Lipinski definition) is 6. The summed E-state index contributed by atoms with van der Waals surface area (Å²) in [7, 11) is 0. The van der Waals surface area contributed by atoms with Gasteiger partial charge >= 0.3 is 5.97 Å². The van der Waals surface area contributed by atoms with E-state index in [1.165, 1.54) is 18.4 Å². The topological polar surface area (TPSA) is 75.6 Å². The number of ether oxygens (including phenoxy) is 1. The molecule has 0 bridgehead atoms. The molecular weight excluding hydrogens is 499 g/mol. The van der Waals surface area contributed by atoms with Crippen molar-refractivity contribution < 1.29 is 14.3 Å². The van der Waals surface area contributed by atoms with Crippen molar-refractivity contribution in [2.45, 2.75) is 39.5 Å². The molecule has 1 aliphatic heterocycles. The van der Waals surface area contributed by atoms with E-state index < -0.39 is 5.97 Å². The van der Waals surface area contributed by atoms with Crippen LogP contribution in [0, 0.1) is 0 Å². The summed E-state index contributed by atoms with van der Waals surface area (Å²) >= 11 is 12.3. The van der Waals surface area contributed by atoms with Crippen LogP contribution >= 0.6 is 23.2 Å². The maximum atomic E-state index is 13.1. The van der Waals surface area contributed by atoms with Crippen molar-refractivity contribution in [3.63, 3.8) is 0 Å². The lowest BCUT2D eigenvalue weighted by molar-refractivity contribution is 0.0519. The van der Waals surface area contributed by atoms with Crippen molar-refractivity contribution >= 4 is 51.9 Å². The smallest absolute Gasteiger partial charge is 0.360 e. The Bertz CT molecular complexity index is 1240. The molecule has 0 spiro atoms. The zero-order valence-electron chi connectivity index (χ0n) is 20.6. The molecule has 9 heteroatoms. The van der Waals surface area contributed by atoms with Gasteiger partial charge in [0.2, 0.25) is 0 Å². The van der Waals surface area contributed by atoms with E-state index in [1.807, 2.05) is 34.1 Å². The second-order valence-electron chi connectivity index (χ2n) is 8.80. The van der Waals surface area contributed by atoms with Gasteiger partial charge in [0.25, 0.3) is 5.91 Å². The Balaban J connectivity index is 1.49. The number of carbonyl (C=O) groups excluding carboxylic acids is 2. The fourth-order valence-corrected chi connectivity index (χ4v) is 4.61. The molecule has 0 radical (unpaired) electrons. The van der Waals surface area contributed by atoms with Crippen molar-refractivity contribution in [1.82, 2.24) is 14.9 Å². The first kappa shape index (κ1) is 26.2. The van der Waals surface area contributed by atoms with E-state index in [0.717, 1.165) is 12.8 Å². The lowest BCUT2D eigenvalue weighted by Gasteiger charge is -2.36. The number of unbranched alkanes of at least 4 members (excludes halogenated alkanes) is 2. The number of nitrogens with zero attached hydrogens (tertiary/aromatic N) is 4. The molecular formula is C27H30Cl2N4O3. The van der Waals surface area contributed by atoms with Crippen LogP contribution in [0.5, 0.6) is 0 Å². The largest absolute Gasteiger partial charge is 0.461 e. The van der Waals surface area contributed by atoms with Crippen molar-refractivity contribution in [2.24, 2.45) is 0 Å². The van der Waals surface area contributed by atoms with Gasteiger partial charge in [-0.05, 0) is 49.6 Å². The molecule has 1 fully saturated rings. The summed E-state index contributed by atoms with van der Waals surface area (Å²) in [6, 6.07) is 11.2. The number of piperazine rings is 1. The van der Waals surface area contributed by atoms with Crippen molar-refractivity contribution in [1.29, 1.82) is 0 Å². The summed E-state index contributed by atoms with van der Waals surface area (Å²) < 4.78 is 5.23. The molecule has 0 unspecified atom stereocenters. The maximum absolute atomic E-state index is 13.1. The molecule has 3 aromatic rings. The van der Waals surface area contributed by atoms with Crippen LogP contribution in [-0.2, 0) is 11.2 Å². The number of esters is 1. The van der Waals surface area contributed by atoms with Gasteiger partial charge in [0.1, 0.15) is 0 Å². The first-order valence-electron chi connectivity index (χ1n) is 12.4. The Morgan fingerprint density at radius 3 is 2.17 bits per heavy atom. The number of fused-ring (bicyclic) bond motifs is 1. The van der Waals surface area contributed by atoms with Gasteiger partial charge < -0.3 is 14.5 Å². The highest BCUT2D eigenvalue weighted by Gasteiger charge is 2.28. The van der Waals surface area contributed by atoms with Gasteiger partial charge in [-0.1, -0.05) is 55.1 Å². The molecule has 190 valence electrons. The van der Waals surface area contributed by atoms with Crippen LogP contribution < -0.4 is 4.90 Å². The van der Waals surface area contributed by atoms with Gasteiger partial charge in [-0.2, -0.15) is 0 Å². The van der Waals surface area contributed by atoms with Gasteiger partial charge in [-0.25, -0.2) is 14.8 Å². The summed E-state index contributed by atoms with van der Waals surface area (Å²) in [6.45, 7) is 6.17. The molecule has 2 aromatic carbocycles. The number of amides is 1. The lowest BCUT2D eigenvalue weighted by atomic mass is 10.0. The highest BCUT2D eigenvalue weighted by atomic mass is 35.5. The Kier molecular flexibility index (Phi) is 8.64. The minimum atomic E-state index is -0.550. The molecule has 1 aromatic heterocycles. The van der Waals surface area contributed by atoms with Crippen LogP contribution in [0.1, 0.15) is 59.5 Å². The average Bonchev–Trinajstić information content (AvgIpc) is 2.89. The van der Waals surface area contributed by atoms with E-state index in [2.05, 4.69) is 16.9 Å². The highest BCUT2D eigenvalue weighted by molar-refractivity contribution is 6.42. The zero-order chi connectivity index (χ0) is 25.7. The molecule has 1 saturated heterocycles. The zero-order valence-corrected chi connectivity index (χ0v) is 22.1. The third kappa shape index (κ3) is 5.90. The minimum Gasteiger partial charge on any atom is -0.461 e. The van der Waals surface area contributed by atoms with Crippen molar-refractivity contribution in [2.75, 3.05) is 37.7 Å². The number of anilines is 1. The molecule has 0 saturated carbocycles. The summed E-state index contributed by atoms with van der Waals surface area (Å²) in [4.78, 5) is 38.8. The monoisotopic (exact) mass is 528 g/mol. The third-order valence-electron chi connectivity index (χ3n) is 6.29. The number of rotatable bonds is 8. The van der Waals surface area contributed by atoms with Gasteiger partial charge in [0.15, 0.2) is 11.5 Å². The molecule has 7 nitrogen and oxygen atoms in total. The second-order valence-corrected chi connectivity index (χ2v) is 9.62. The van der Waals surface area contributed by atoms with E-state index in [-0.39, 0.29) is 18.2 Å². The molecule has 0 aliphatic carbocycles. The molecule has 4 rings (SSSR count). The Labute approximate surface area is 221 Å². The van der Waals surface area contributed by atoms with E-state index in [0.29, 0.717) is 58.6 Å². The van der Waals surface area contributed by atoms with Gasteiger partial charge in [-0.3, -0.25) is 4.79 Å². The van der Waals surface area contributed by atoms with Crippen LogP contribution in [0.15, 0.2) is 36.4 Å². The molecule has 1 aliphatic rings. The number of halogens is 2. The van der Waals surface area contributed by atoms with E-state index in [1.54, 1.807) is 19.1 Å². The number of hydrogen-bond donors (Lipinski definition) is 0. The quantitative estimate of drug-likeness (QED) is 0.271. The Morgan fingerprint density at radius 1 is 0.917 bits per heavy atom. The summed E-state index contributed by atoms with van der Waals surface area (Å²) in [5, 5.41) is 0.697. The van der Waals surface area contributed by atoms with Crippen LogP contribution in [0.25, 0.3) is 11.0 Å². The predicted molar refractivity (Wildman–Crippen MR) is 143 cm³/mol. The van der Waals surface area contributed by atoms with E-state index in [4.69, 9.17) is 27.9 Å². The number of benzene rings is 2. The highest BCUT2D eigenvalue weighted by Crippen LogP contribution is 2.29. The van der Waals surface area contributed by atoms with Gasteiger partial charge in [0.05, 0.1) is 27.7 Å². The number of aryl methyl sites for hydroxylation is 1. The molecule has 2 heterocycles. The molecule has 0 atom stereocenters. The van der Waals surface area contributed by atoms with Gasteiger partial charge in [0, 0.05) is 31.7 Å². The number of aromatic nitrogens is 2. The van der Waals surface area contributed by atoms with Crippen LogP contribution in [-0.4, -0.2) is 59.5 Å². The molecule has 36 heavy (non-hydrogen) atoms. The summed E-state index contributed by atoms with van der Waals surface area (Å²) in [6.07, 6.45) is 4.60. The van der Waals surface area contributed by atoms with Crippen LogP contribution in [0.4, 0.5) is 5.82 Å². The molecule has 1 amide bonds. The number of carbonyl (C=O) groups is 2. The summed E-state index contributed by atoms with van der Waals surface area (Å²) in [5.41, 5.74) is 3.06. The fourth-order valence-electron chi connectivity index (χ4n) is 4.30. The van der Waals surface area contributed by atoms with E-state index in [9.17, 15) is 9.59 Å². The second kappa shape index (κ2) is 11.9. The lowest BCUT2D eigenvalue weighted by Crippen LogP contribution is -2.49. The van der Waals surface area contributed by atoms with Crippen molar-refractivity contribution in [3.05, 3.63) is 63.3 Å². The van der Waals surface area contributed by atoms with Gasteiger partial charge in [-0.15, -0.1) is 0 Å². The average molecular weight is 529 g/mol. The van der Waals surface area contributed by atoms with Crippen LogP contribution in [0.3, 0.4) is 0 Å². The van der Waals surface area contributed by atoms with E-state index >= 15 is 0 Å². The molecule has 0 N–H and O–H groups in total. The Morgan fingerprint density at radius 2 is 1.56 bits per heavy atom. The summed E-state index contributed by atoms with van der Waals surface area (Å²) in [5.74, 6) is -0.125. The third-order valence-corrected chi connectivity index (χ3v) is 7.02. The first-order chi connectivity index (χ1) is 17.4. The fraction of sp³-hybridized carbons (Fsp3) is 0.407. The maximum Gasteiger partial charge on any atom is 0.360 e. The first-order valence-corrected chi connectivity index (χ1v) is 13.1. The van der Waals surface area contributed by atoms with Crippen LogP contribution in [0.2, 0.25) is 10.0 Å². The minimum absolute atomic E-state index is 0.00592. The normalized spacial score (nSPS) is 13.8. The standard InChI is InChI=1S/C27H30Cl2N4O3/c1-3-5-6-7-18-8-10-19(11-9-18)26(34)33-14-12-32(13-15-33)25-24(27(35)36-4-2)30-22-16-20(28)21(29)17-23(22)31-25/h8-11,16-17H,3-7,12-15H2,1-2H3. The van der Waals surface area contributed by atoms with Crippen molar-refractivity contribution in [3.8, 4) is 0 Å². The SMILES string of the molecule is CCCCCc1ccc(C(=O)N2CCN(c3nc4cc(Cl)c(Cl)cc4nc3C(=O)OCC)CC2)cc1. The Hall–Kier alpha value is -2.90.